The summed E-state index contributed by atoms with van der Waals surface area (Å²) >= 11 is 0. The van der Waals surface area contributed by atoms with E-state index in [-0.39, 0.29) is 11.7 Å². The van der Waals surface area contributed by atoms with Crippen molar-refractivity contribution in [2.75, 3.05) is 11.4 Å². The number of aryl methyl sites for hydroxylation is 1. The van der Waals surface area contributed by atoms with Gasteiger partial charge in [-0.05, 0) is 55.2 Å². The molecule has 1 aliphatic heterocycles. The van der Waals surface area contributed by atoms with E-state index in [2.05, 4.69) is 5.10 Å². The standard InChI is InChI=1S/C26H25FN4O/c1-17-22-12-13-23(19-8-10-20(11-9-19)30-14-3-2-7-24(30)32)25(27)26(22)31(29-17)21-6-4-5-18(15-21)16-28/h4-6,8-13,15H,2-3,7,14,16,28H2,1H3. The van der Waals surface area contributed by atoms with Crippen molar-refractivity contribution in [2.45, 2.75) is 32.7 Å². The molecule has 4 aromatic rings. The van der Waals surface area contributed by atoms with Crippen LogP contribution in [0.15, 0.2) is 60.7 Å². The molecule has 1 amide bonds. The van der Waals surface area contributed by atoms with Crippen LogP contribution in [0.1, 0.15) is 30.5 Å². The van der Waals surface area contributed by atoms with Crippen LogP contribution in [0.4, 0.5) is 10.1 Å². The highest BCUT2D eigenvalue weighted by molar-refractivity contribution is 5.94. The third-order valence-electron chi connectivity index (χ3n) is 6.17. The molecule has 3 aromatic carbocycles. The molecule has 0 radical (unpaired) electrons. The Morgan fingerprint density at radius 2 is 1.84 bits per heavy atom. The largest absolute Gasteiger partial charge is 0.326 e. The lowest BCUT2D eigenvalue weighted by molar-refractivity contribution is -0.119. The lowest BCUT2D eigenvalue weighted by Gasteiger charge is -2.26. The number of benzene rings is 3. The third kappa shape index (κ3) is 3.46. The molecule has 0 saturated carbocycles. The van der Waals surface area contributed by atoms with Gasteiger partial charge in [-0.2, -0.15) is 5.10 Å². The fraction of sp³-hybridized carbons (Fsp3) is 0.231. The number of aromatic nitrogens is 2. The second-order valence-electron chi connectivity index (χ2n) is 8.24. The van der Waals surface area contributed by atoms with Crippen LogP contribution in [0.2, 0.25) is 0 Å². The maximum Gasteiger partial charge on any atom is 0.226 e. The van der Waals surface area contributed by atoms with Crippen LogP contribution in [0.25, 0.3) is 27.7 Å². The number of nitrogens with zero attached hydrogens (tertiary/aromatic N) is 3. The molecule has 0 bridgehead atoms. The van der Waals surface area contributed by atoms with E-state index in [1.165, 1.54) is 0 Å². The summed E-state index contributed by atoms with van der Waals surface area (Å²) in [4.78, 5) is 14.0. The summed E-state index contributed by atoms with van der Waals surface area (Å²) in [5.74, 6) is -0.168. The van der Waals surface area contributed by atoms with E-state index in [1.807, 2.05) is 66.4 Å². The molecule has 0 spiro atoms. The fourth-order valence-corrected chi connectivity index (χ4v) is 4.44. The molecule has 0 atom stereocenters. The van der Waals surface area contributed by atoms with Gasteiger partial charge in [-0.15, -0.1) is 0 Å². The summed E-state index contributed by atoms with van der Waals surface area (Å²) in [7, 11) is 0. The van der Waals surface area contributed by atoms with Crippen molar-refractivity contribution >= 4 is 22.5 Å². The van der Waals surface area contributed by atoms with E-state index in [9.17, 15) is 4.79 Å². The lowest BCUT2D eigenvalue weighted by atomic mass is 10.0. The number of carbonyl (C=O) groups excluding carboxylic acids is 1. The summed E-state index contributed by atoms with van der Waals surface area (Å²) in [6.07, 6.45) is 2.54. The van der Waals surface area contributed by atoms with Gasteiger partial charge in [-0.3, -0.25) is 4.79 Å². The van der Waals surface area contributed by atoms with E-state index in [1.54, 1.807) is 10.7 Å². The van der Waals surface area contributed by atoms with Gasteiger partial charge in [0.1, 0.15) is 5.52 Å². The Labute approximate surface area is 186 Å². The summed E-state index contributed by atoms with van der Waals surface area (Å²) in [6.45, 7) is 3.03. The van der Waals surface area contributed by atoms with E-state index in [0.29, 0.717) is 24.0 Å². The molecule has 0 aliphatic carbocycles. The lowest BCUT2D eigenvalue weighted by Crippen LogP contribution is -2.35. The Balaban J connectivity index is 1.58. The predicted octanol–water partition coefficient (Wildman–Crippen LogP) is 5.12. The SMILES string of the molecule is Cc1nn(-c2cccc(CN)c2)c2c(F)c(-c3ccc(N4CCCCC4=O)cc3)ccc12. The second-order valence-corrected chi connectivity index (χ2v) is 8.24. The van der Waals surface area contributed by atoms with Crippen molar-refractivity contribution in [3.05, 3.63) is 77.7 Å². The van der Waals surface area contributed by atoms with Crippen LogP contribution in [0.5, 0.6) is 0 Å². The minimum atomic E-state index is -0.317. The Morgan fingerprint density at radius 3 is 2.59 bits per heavy atom. The number of amides is 1. The van der Waals surface area contributed by atoms with E-state index in [0.717, 1.165) is 53.0 Å². The molecular formula is C26H25FN4O. The zero-order chi connectivity index (χ0) is 22.2. The molecule has 5 rings (SSSR count). The first-order valence-electron chi connectivity index (χ1n) is 10.9. The molecule has 2 N–H and O–H groups in total. The number of carbonyl (C=O) groups is 1. The average molecular weight is 429 g/mol. The normalized spacial score (nSPS) is 14.3. The maximum absolute atomic E-state index is 15.9. The first-order chi connectivity index (χ1) is 15.6. The van der Waals surface area contributed by atoms with Crippen LogP contribution < -0.4 is 10.6 Å². The van der Waals surface area contributed by atoms with E-state index >= 15 is 4.39 Å². The summed E-state index contributed by atoms with van der Waals surface area (Å²) in [5, 5.41) is 5.38. The van der Waals surface area contributed by atoms with Crippen molar-refractivity contribution in [3.8, 4) is 16.8 Å². The van der Waals surface area contributed by atoms with Gasteiger partial charge in [-0.25, -0.2) is 9.07 Å². The molecule has 2 heterocycles. The molecule has 0 unspecified atom stereocenters. The number of halogens is 1. The minimum absolute atomic E-state index is 0.149. The van der Waals surface area contributed by atoms with Crippen LogP contribution in [0, 0.1) is 12.7 Å². The van der Waals surface area contributed by atoms with Gasteiger partial charge in [0.25, 0.3) is 0 Å². The van der Waals surface area contributed by atoms with Crippen LogP contribution >= 0.6 is 0 Å². The van der Waals surface area contributed by atoms with Gasteiger partial charge in [0.2, 0.25) is 5.91 Å². The zero-order valence-corrected chi connectivity index (χ0v) is 18.0. The summed E-state index contributed by atoms with van der Waals surface area (Å²) in [6, 6.07) is 19.0. The van der Waals surface area contributed by atoms with Crippen molar-refractivity contribution in [2.24, 2.45) is 5.73 Å². The molecule has 1 aliphatic rings. The number of anilines is 1. The van der Waals surface area contributed by atoms with Crippen molar-refractivity contribution in [1.82, 2.24) is 9.78 Å². The summed E-state index contributed by atoms with van der Waals surface area (Å²) in [5.41, 5.74) is 10.9. The van der Waals surface area contributed by atoms with Crippen LogP contribution in [-0.4, -0.2) is 22.2 Å². The summed E-state index contributed by atoms with van der Waals surface area (Å²) < 4.78 is 17.5. The van der Waals surface area contributed by atoms with Gasteiger partial charge in [0.15, 0.2) is 5.82 Å². The molecule has 1 fully saturated rings. The molecule has 5 nitrogen and oxygen atoms in total. The molecule has 1 aromatic heterocycles. The Bertz CT molecular complexity index is 1310. The van der Waals surface area contributed by atoms with Gasteiger partial charge in [-0.1, -0.05) is 36.4 Å². The monoisotopic (exact) mass is 428 g/mol. The van der Waals surface area contributed by atoms with Gasteiger partial charge in [0.05, 0.1) is 11.4 Å². The van der Waals surface area contributed by atoms with Crippen molar-refractivity contribution < 1.29 is 9.18 Å². The maximum atomic E-state index is 15.9. The number of rotatable bonds is 4. The first-order valence-corrected chi connectivity index (χ1v) is 10.9. The number of hydrogen-bond donors (Lipinski definition) is 1. The molecule has 6 heteroatoms. The highest BCUT2D eigenvalue weighted by Gasteiger charge is 2.21. The number of hydrogen-bond acceptors (Lipinski definition) is 3. The zero-order valence-electron chi connectivity index (χ0n) is 18.0. The van der Waals surface area contributed by atoms with E-state index in [4.69, 9.17) is 5.73 Å². The quantitative estimate of drug-likeness (QED) is 0.491. The van der Waals surface area contributed by atoms with Gasteiger partial charge in [0, 0.05) is 36.1 Å². The highest BCUT2D eigenvalue weighted by Crippen LogP contribution is 2.33. The van der Waals surface area contributed by atoms with Crippen molar-refractivity contribution in [3.63, 3.8) is 0 Å². The van der Waals surface area contributed by atoms with Crippen LogP contribution in [-0.2, 0) is 11.3 Å². The van der Waals surface area contributed by atoms with Gasteiger partial charge >= 0.3 is 0 Å². The predicted molar refractivity (Wildman–Crippen MR) is 125 cm³/mol. The molecular weight excluding hydrogens is 403 g/mol. The average Bonchev–Trinajstić information content (AvgIpc) is 3.17. The first kappa shape index (κ1) is 20.4. The smallest absolute Gasteiger partial charge is 0.226 e. The second kappa shape index (κ2) is 8.20. The molecule has 1 saturated heterocycles. The van der Waals surface area contributed by atoms with Crippen LogP contribution in [0.3, 0.4) is 0 Å². The van der Waals surface area contributed by atoms with E-state index < -0.39 is 0 Å². The third-order valence-corrected chi connectivity index (χ3v) is 6.17. The highest BCUT2D eigenvalue weighted by atomic mass is 19.1. The molecule has 162 valence electrons. The van der Waals surface area contributed by atoms with Gasteiger partial charge < -0.3 is 10.6 Å². The van der Waals surface area contributed by atoms with Crippen molar-refractivity contribution in [1.29, 1.82) is 0 Å². The number of piperidine rings is 1. The Kier molecular flexibility index (Phi) is 5.23. The minimum Gasteiger partial charge on any atom is -0.326 e. The number of nitrogens with two attached hydrogens (primary N) is 1. The Morgan fingerprint density at radius 1 is 1.03 bits per heavy atom. The Hall–Kier alpha value is -3.51. The molecule has 32 heavy (non-hydrogen) atoms. The topological polar surface area (TPSA) is 64.2 Å². The fourth-order valence-electron chi connectivity index (χ4n) is 4.44. The number of fused-ring (bicyclic) bond motifs is 1.